The standard InChI is InChI=1S/C9H12ClN3O3/c1-2-8(14)12-7(9(15)16)3-6-4-11-5-13(6)10/h4-5,7H,2-3H2,1H3,(H,12,14)(H,15,16)/t7-/m0/s1. The maximum atomic E-state index is 11.1. The first-order valence-corrected chi connectivity index (χ1v) is 5.08. The molecular formula is C9H12ClN3O3. The van der Waals surface area contributed by atoms with Crippen molar-refractivity contribution < 1.29 is 14.7 Å². The molecule has 0 saturated heterocycles. The second kappa shape index (κ2) is 5.50. The summed E-state index contributed by atoms with van der Waals surface area (Å²) in [6, 6.07) is -0.985. The number of carboxylic acid groups (broad SMARTS) is 1. The predicted octanol–water partition coefficient (Wildman–Crippen LogP) is 0.407. The number of imidazole rings is 1. The Morgan fingerprint density at radius 2 is 2.38 bits per heavy atom. The van der Waals surface area contributed by atoms with E-state index in [2.05, 4.69) is 10.3 Å². The van der Waals surface area contributed by atoms with Gasteiger partial charge in [0.15, 0.2) is 0 Å². The summed E-state index contributed by atoms with van der Waals surface area (Å²) < 4.78 is 1.20. The Labute approximate surface area is 97.3 Å². The van der Waals surface area contributed by atoms with Gasteiger partial charge in [-0.1, -0.05) is 6.92 Å². The van der Waals surface area contributed by atoms with Gasteiger partial charge in [0.05, 0.1) is 5.69 Å². The van der Waals surface area contributed by atoms with Crippen molar-refractivity contribution in [3.63, 3.8) is 0 Å². The molecule has 0 radical (unpaired) electrons. The molecule has 0 aliphatic heterocycles. The van der Waals surface area contributed by atoms with Gasteiger partial charge in [-0.2, -0.15) is 0 Å². The van der Waals surface area contributed by atoms with Gasteiger partial charge in [0.2, 0.25) is 5.91 Å². The molecule has 0 saturated carbocycles. The Hall–Kier alpha value is -1.56. The van der Waals surface area contributed by atoms with Crippen LogP contribution in [-0.4, -0.2) is 32.1 Å². The number of aromatic nitrogens is 2. The number of hydrogen-bond donors (Lipinski definition) is 2. The molecule has 1 rings (SSSR count). The van der Waals surface area contributed by atoms with Gasteiger partial charge < -0.3 is 10.4 Å². The molecule has 88 valence electrons. The highest BCUT2D eigenvalue weighted by Crippen LogP contribution is 2.05. The number of nitrogens with one attached hydrogen (secondary N) is 1. The molecule has 1 aromatic heterocycles. The smallest absolute Gasteiger partial charge is 0.326 e. The molecule has 1 heterocycles. The number of amides is 1. The van der Waals surface area contributed by atoms with Crippen LogP contribution >= 0.6 is 11.8 Å². The monoisotopic (exact) mass is 245 g/mol. The van der Waals surface area contributed by atoms with E-state index in [-0.39, 0.29) is 18.7 Å². The van der Waals surface area contributed by atoms with E-state index in [1.807, 2.05) is 0 Å². The van der Waals surface area contributed by atoms with Crippen LogP contribution in [0.4, 0.5) is 0 Å². The summed E-state index contributed by atoms with van der Waals surface area (Å²) in [5.41, 5.74) is 0.533. The summed E-state index contributed by atoms with van der Waals surface area (Å²) in [5.74, 6) is -1.41. The maximum Gasteiger partial charge on any atom is 0.326 e. The van der Waals surface area contributed by atoms with Gasteiger partial charge in [0.25, 0.3) is 0 Å². The highest BCUT2D eigenvalue weighted by atomic mass is 35.5. The van der Waals surface area contributed by atoms with Gasteiger partial charge in [-0.05, 0) is 0 Å². The Balaban J connectivity index is 2.69. The number of nitrogens with zero attached hydrogens (tertiary/aromatic N) is 2. The largest absolute Gasteiger partial charge is 0.480 e. The van der Waals surface area contributed by atoms with E-state index in [4.69, 9.17) is 16.9 Å². The predicted molar refractivity (Wildman–Crippen MR) is 57.0 cm³/mol. The molecule has 2 N–H and O–H groups in total. The van der Waals surface area contributed by atoms with Crippen LogP contribution in [0.15, 0.2) is 12.5 Å². The zero-order chi connectivity index (χ0) is 12.1. The van der Waals surface area contributed by atoms with E-state index in [0.29, 0.717) is 5.69 Å². The summed E-state index contributed by atoms with van der Waals surface area (Å²) in [6.45, 7) is 1.65. The second-order valence-corrected chi connectivity index (χ2v) is 3.58. The minimum absolute atomic E-state index is 0.102. The van der Waals surface area contributed by atoms with E-state index < -0.39 is 12.0 Å². The number of carbonyl (C=O) groups is 2. The number of halogens is 1. The first kappa shape index (κ1) is 12.5. The molecule has 0 aliphatic carbocycles. The summed E-state index contributed by atoms with van der Waals surface area (Å²) in [5, 5.41) is 11.3. The summed E-state index contributed by atoms with van der Waals surface area (Å²) in [4.78, 5) is 25.8. The molecule has 1 atom stereocenters. The van der Waals surface area contributed by atoms with Gasteiger partial charge >= 0.3 is 5.97 Å². The van der Waals surface area contributed by atoms with Crippen LogP contribution in [0.2, 0.25) is 0 Å². The number of aliphatic carboxylic acids is 1. The Bertz CT molecular complexity index is 391. The molecule has 0 bridgehead atoms. The highest BCUT2D eigenvalue weighted by molar-refractivity contribution is 6.15. The van der Waals surface area contributed by atoms with Crippen molar-refractivity contribution >= 4 is 23.7 Å². The highest BCUT2D eigenvalue weighted by Gasteiger charge is 2.21. The molecule has 0 fully saturated rings. The number of hydrogen-bond acceptors (Lipinski definition) is 3. The summed E-state index contributed by atoms with van der Waals surface area (Å²) in [7, 11) is 0. The fourth-order valence-electron chi connectivity index (χ4n) is 1.15. The first-order valence-electron chi connectivity index (χ1n) is 4.74. The molecular weight excluding hydrogens is 234 g/mol. The van der Waals surface area contributed by atoms with Crippen LogP contribution in [0.3, 0.4) is 0 Å². The van der Waals surface area contributed by atoms with E-state index in [9.17, 15) is 9.59 Å². The lowest BCUT2D eigenvalue weighted by atomic mass is 10.1. The molecule has 0 spiro atoms. The fraction of sp³-hybridized carbons (Fsp3) is 0.444. The number of rotatable bonds is 5. The van der Waals surface area contributed by atoms with E-state index >= 15 is 0 Å². The van der Waals surface area contributed by atoms with Crippen LogP contribution in [0.1, 0.15) is 19.0 Å². The van der Waals surface area contributed by atoms with Crippen molar-refractivity contribution in [3.05, 3.63) is 18.2 Å². The van der Waals surface area contributed by atoms with Crippen molar-refractivity contribution in [2.24, 2.45) is 0 Å². The maximum absolute atomic E-state index is 11.1. The molecule has 7 heteroatoms. The van der Waals surface area contributed by atoms with Crippen LogP contribution in [-0.2, 0) is 16.0 Å². The molecule has 1 amide bonds. The van der Waals surface area contributed by atoms with Gasteiger partial charge in [0, 0.05) is 30.8 Å². The lowest BCUT2D eigenvalue weighted by Crippen LogP contribution is -2.42. The Kier molecular flexibility index (Phi) is 4.30. The van der Waals surface area contributed by atoms with Crippen molar-refractivity contribution in [3.8, 4) is 0 Å². The summed E-state index contributed by atoms with van der Waals surface area (Å²) >= 11 is 5.71. The zero-order valence-corrected chi connectivity index (χ0v) is 9.44. The average Bonchev–Trinajstić information content (AvgIpc) is 2.63. The lowest BCUT2D eigenvalue weighted by Gasteiger charge is -2.13. The van der Waals surface area contributed by atoms with Gasteiger partial charge in [-0.15, -0.1) is 0 Å². The van der Waals surface area contributed by atoms with Crippen molar-refractivity contribution in [2.45, 2.75) is 25.8 Å². The third-order valence-electron chi connectivity index (χ3n) is 2.03. The zero-order valence-electron chi connectivity index (χ0n) is 8.68. The van der Waals surface area contributed by atoms with Crippen LogP contribution in [0.25, 0.3) is 0 Å². The Morgan fingerprint density at radius 3 is 2.81 bits per heavy atom. The topological polar surface area (TPSA) is 84.2 Å². The third-order valence-corrected chi connectivity index (χ3v) is 2.34. The van der Waals surface area contributed by atoms with E-state index in [1.54, 1.807) is 6.92 Å². The number of carbonyl (C=O) groups excluding carboxylic acids is 1. The molecule has 0 unspecified atom stereocenters. The van der Waals surface area contributed by atoms with Crippen molar-refractivity contribution in [2.75, 3.05) is 0 Å². The van der Waals surface area contributed by atoms with Gasteiger partial charge in [-0.25, -0.2) is 13.9 Å². The molecule has 16 heavy (non-hydrogen) atoms. The van der Waals surface area contributed by atoms with E-state index in [0.717, 1.165) is 0 Å². The molecule has 1 aromatic rings. The van der Waals surface area contributed by atoms with Gasteiger partial charge in [0.1, 0.15) is 12.4 Å². The van der Waals surface area contributed by atoms with Crippen LogP contribution in [0.5, 0.6) is 0 Å². The number of carboxylic acids is 1. The normalized spacial score (nSPS) is 12.1. The third kappa shape index (κ3) is 3.23. The second-order valence-electron chi connectivity index (χ2n) is 3.21. The van der Waals surface area contributed by atoms with Crippen LogP contribution in [0, 0.1) is 0 Å². The lowest BCUT2D eigenvalue weighted by molar-refractivity contribution is -0.141. The van der Waals surface area contributed by atoms with Crippen molar-refractivity contribution in [1.29, 1.82) is 0 Å². The van der Waals surface area contributed by atoms with Crippen LogP contribution < -0.4 is 5.32 Å². The molecule has 0 aliphatic rings. The molecule has 6 nitrogen and oxygen atoms in total. The average molecular weight is 246 g/mol. The van der Waals surface area contributed by atoms with E-state index in [1.165, 1.54) is 16.6 Å². The quantitative estimate of drug-likeness (QED) is 0.787. The summed E-state index contributed by atoms with van der Waals surface area (Å²) in [6.07, 6.45) is 3.16. The fourth-order valence-corrected chi connectivity index (χ4v) is 1.32. The minimum Gasteiger partial charge on any atom is -0.480 e. The SMILES string of the molecule is CCC(=O)N[C@@H](Cc1cncn1Cl)C(=O)O. The van der Waals surface area contributed by atoms with Gasteiger partial charge in [-0.3, -0.25) is 4.79 Å². The first-order chi connectivity index (χ1) is 7.54. The Morgan fingerprint density at radius 1 is 1.69 bits per heavy atom. The minimum atomic E-state index is -1.10. The molecule has 0 aromatic carbocycles. The van der Waals surface area contributed by atoms with Crippen molar-refractivity contribution in [1.82, 2.24) is 14.4 Å².